The van der Waals surface area contributed by atoms with Crippen LogP contribution in [0.1, 0.15) is 41.6 Å². The Bertz CT molecular complexity index is 1360. The third kappa shape index (κ3) is 4.44. The lowest BCUT2D eigenvalue weighted by atomic mass is 9.95. The summed E-state index contributed by atoms with van der Waals surface area (Å²) in [6.45, 7) is 0.895. The molecule has 176 valence electrons. The van der Waals surface area contributed by atoms with E-state index in [-0.39, 0.29) is 17.8 Å². The quantitative estimate of drug-likeness (QED) is 0.395. The highest BCUT2D eigenvalue weighted by Gasteiger charge is 2.41. The van der Waals surface area contributed by atoms with Crippen molar-refractivity contribution >= 4 is 16.7 Å². The molecule has 1 unspecified atom stereocenters. The van der Waals surface area contributed by atoms with Crippen molar-refractivity contribution in [1.29, 1.82) is 0 Å². The summed E-state index contributed by atoms with van der Waals surface area (Å²) < 4.78 is 13.5. The normalized spacial score (nSPS) is 21.8. The lowest BCUT2D eigenvalue weighted by molar-refractivity contribution is 0.0828. The Hall–Kier alpha value is -3.57. The average molecular weight is 466 g/mol. The molecule has 0 saturated carbocycles. The highest BCUT2D eigenvalue weighted by Crippen LogP contribution is 2.37. The van der Waals surface area contributed by atoms with Crippen LogP contribution in [0.3, 0.4) is 0 Å². The summed E-state index contributed by atoms with van der Waals surface area (Å²) in [7, 11) is 0. The van der Waals surface area contributed by atoms with Crippen molar-refractivity contribution in [1.82, 2.24) is 15.2 Å². The molecule has 4 nitrogen and oxygen atoms in total. The minimum Gasteiger partial charge on any atom is -0.349 e. The van der Waals surface area contributed by atoms with E-state index in [1.54, 1.807) is 12.3 Å². The molecule has 0 spiro atoms. The predicted octanol–water partition coefficient (Wildman–Crippen LogP) is 5.97. The first-order chi connectivity index (χ1) is 17.1. The molecule has 6 rings (SSSR count). The van der Waals surface area contributed by atoms with Crippen LogP contribution in [-0.4, -0.2) is 33.9 Å². The van der Waals surface area contributed by atoms with Crippen LogP contribution in [0.2, 0.25) is 0 Å². The van der Waals surface area contributed by atoms with Crippen LogP contribution in [-0.2, 0) is 6.54 Å². The first kappa shape index (κ1) is 21.9. The molecule has 0 radical (unpaired) electrons. The van der Waals surface area contributed by atoms with Gasteiger partial charge in [0.05, 0.1) is 5.69 Å². The highest BCUT2D eigenvalue weighted by molar-refractivity contribution is 6.00. The predicted molar refractivity (Wildman–Crippen MR) is 136 cm³/mol. The van der Waals surface area contributed by atoms with E-state index in [1.807, 2.05) is 54.6 Å². The fraction of sp³-hybridized carbons (Fsp3) is 0.267. The second-order valence-electron chi connectivity index (χ2n) is 9.79. The van der Waals surface area contributed by atoms with Gasteiger partial charge in [-0.25, -0.2) is 4.39 Å². The van der Waals surface area contributed by atoms with E-state index in [2.05, 4.69) is 27.3 Å². The molecular weight excluding hydrogens is 437 g/mol. The van der Waals surface area contributed by atoms with E-state index in [0.717, 1.165) is 41.4 Å². The van der Waals surface area contributed by atoms with Gasteiger partial charge in [0, 0.05) is 42.0 Å². The summed E-state index contributed by atoms with van der Waals surface area (Å²) >= 11 is 0. The number of rotatable bonds is 5. The average Bonchev–Trinajstić information content (AvgIpc) is 3.11. The molecule has 2 fully saturated rings. The summed E-state index contributed by atoms with van der Waals surface area (Å²) in [4.78, 5) is 20.3. The van der Waals surface area contributed by atoms with Gasteiger partial charge in [0.15, 0.2) is 0 Å². The fourth-order valence-electron chi connectivity index (χ4n) is 5.92. The highest BCUT2D eigenvalue weighted by atomic mass is 19.1. The van der Waals surface area contributed by atoms with Crippen LogP contribution >= 0.6 is 0 Å². The molecule has 2 aliphatic rings. The zero-order valence-corrected chi connectivity index (χ0v) is 19.5. The monoisotopic (exact) mass is 465 g/mol. The molecule has 5 heteroatoms. The number of hydrogen-bond donors (Lipinski definition) is 1. The number of piperidine rings is 1. The maximum Gasteiger partial charge on any atom is 0.252 e. The number of carbonyl (C=O) groups is 1. The Labute approximate surface area is 204 Å². The van der Waals surface area contributed by atoms with E-state index in [0.29, 0.717) is 17.6 Å². The second-order valence-corrected chi connectivity index (χ2v) is 9.79. The Kier molecular flexibility index (Phi) is 5.78. The molecule has 1 aromatic heterocycles. The molecule has 3 heterocycles. The molecule has 35 heavy (non-hydrogen) atoms. The number of benzene rings is 3. The zero-order chi connectivity index (χ0) is 23.8. The van der Waals surface area contributed by atoms with Crippen molar-refractivity contribution in [2.24, 2.45) is 0 Å². The van der Waals surface area contributed by atoms with Gasteiger partial charge >= 0.3 is 0 Å². The van der Waals surface area contributed by atoms with Gasteiger partial charge in [-0.2, -0.15) is 0 Å². The van der Waals surface area contributed by atoms with Crippen molar-refractivity contribution < 1.29 is 9.18 Å². The molecule has 4 aromatic rings. The second kappa shape index (κ2) is 9.23. The Morgan fingerprint density at radius 3 is 2.46 bits per heavy atom. The molecule has 3 aromatic carbocycles. The number of carbonyl (C=O) groups excluding carboxylic acids is 1. The van der Waals surface area contributed by atoms with Crippen molar-refractivity contribution in [2.75, 3.05) is 0 Å². The molecule has 2 aliphatic heterocycles. The standard InChI is InChI=1S/C30H28FN3O/c31-23-11-10-21-15-20(8-9-22(21)16-23)19-34-25-12-13-26(34)18-24(17-25)33-30(35)28-6-2-1-5-27(28)29-7-3-4-14-32-29/h1-11,14-16,24-26H,12-13,17-19H2,(H,33,35)/t24?,25-,26+. The van der Waals surface area contributed by atoms with E-state index in [1.165, 1.54) is 24.5 Å². The lowest BCUT2D eigenvalue weighted by Crippen LogP contribution is -2.50. The van der Waals surface area contributed by atoms with Crippen LogP contribution in [0.5, 0.6) is 0 Å². The van der Waals surface area contributed by atoms with Crippen LogP contribution in [0, 0.1) is 5.82 Å². The third-order valence-electron chi connectivity index (χ3n) is 7.56. The van der Waals surface area contributed by atoms with Crippen LogP contribution in [0.15, 0.2) is 85.1 Å². The Morgan fingerprint density at radius 2 is 1.66 bits per heavy atom. The number of hydrogen-bond acceptors (Lipinski definition) is 3. The van der Waals surface area contributed by atoms with Crippen molar-refractivity contribution in [3.05, 3.63) is 102 Å². The van der Waals surface area contributed by atoms with E-state index < -0.39 is 0 Å². The number of aromatic nitrogens is 1. The number of fused-ring (bicyclic) bond motifs is 3. The number of nitrogens with one attached hydrogen (secondary N) is 1. The molecule has 2 saturated heterocycles. The van der Waals surface area contributed by atoms with Gasteiger partial charge in [-0.3, -0.25) is 14.7 Å². The molecular formula is C30H28FN3O. The number of pyridine rings is 1. The number of nitrogens with zero attached hydrogens (tertiary/aromatic N) is 2. The van der Waals surface area contributed by atoms with E-state index >= 15 is 0 Å². The zero-order valence-electron chi connectivity index (χ0n) is 19.5. The number of amides is 1. The molecule has 1 N–H and O–H groups in total. The smallest absolute Gasteiger partial charge is 0.252 e. The topological polar surface area (TPSA) is 45.2 Å². The van der Waals surface area contributed by atoms with Crippen molar-refractivity contribution in [3.63, 3.8) is 0 Å². The lowest BCUT2D eigenvalue weighted by Gasteiger charge is -2.39. The molecule has 3 atom stereocenters. The van der Waals surface area contributed by atoms with Gasteiger partial charge in [-0.05, 0) is 78.4 Å². The Balaban J connectivity index is 1.14. The maximum absolute atomic E-state index is 13.5. The minimum atomic E-state index is -0.199. The van der Waals surface area contributed by atoms with Crippen LogP contribution < -0.4 is 5.32 Å². The van der Waals surface area contributed by atoms with Crippen molar-refractivity contribution in [2.45, 2.75) is 50.4 Å². The Morgan fingerprint density at radius 1 is 0.914 bits per heavy atom. The van der Waals surface area contributed by atoms with Gasteiger partial charge in [0.1, 0.15) is 5.82 Å². The van der Waals surface area contributed by atoms with E-state index in [9.17, 15) is 9.18 Å². The maximum atomic E-state index is 13.5. The summed E-state index contributed by atoms with van der Waals surface area (Å²) in [5.74, 6) is -0.221. The summed E-state index contributed by atoms with van der Waals surface area (Å²) in [5, 5.41) is 5.34. The number of halogens is 1. The molecule has 1 amide bonds. The van der Waals surface area contributed by atoms with Gasteiger partial charge in [-0.15, -0.1) is 0 Å². The summed E-state index contributed by atoms with van der Waals surface area (Å²) in [5.41, 5.74) is 3.61. The van der Waals surface area contributed by atoms with Crippen molar-refractivity contribution in [3.8, 4) is 11.3 Å². The largest absolute Gasteiger partial charge is 0.349 e. The SMILES string of the molecule is O=C(NC1C[C@H]2CC[C@@H](C1)N2Cc1ccc2cc(F)ccc2c1)c1ccccc1-c1ccccn1. The first-order valence-electron chi connectivity index (χ1n) is 12.4. The third-order valence-corrected chi connectivity index (χ3v) is 7.56. The summed E-state index contributed by atoms with van der Waals surface area (Å²) in [6, 6.07) is 25.8. The van der Waals surface area contributed by atoms with Crippen LogP contribution in [0.4, 0.5) is 4.39 Å². The first-order valence-corrected chi connectivity index (χ1v) is 12.4. The summed E-state index contributed by atoms with van der Waals surface area (Å²) in [6.07, 6.45) is 6.02. The minimum absolute atomic E-state index is 0.0223. The van der Waals surface area contributed by atoms with Gasteiger partial charge < -0.3 is 5.32 Å². The molecule has 2 bridgehead atoms. The van der Waals surface area contributed by atoms with Gasteiger partial charge in [0.2, 0.25) is 0 Å². The van der Waals surface area contributed by atoms with Gasteiger partial charge in [0.25, 0.3) is 5.91 Å². The van der Waals surface area contributed by atoms with Gasteiger partial charge in [-0.1, -0.05) is 42.5 Å². The van der Waals surface area contributed by atoms with E-state index in [4.69, 9.17) is 0 Å². The fourth-order valence-corrected chi connectivity index (χ4v) is 5.92. The van der Waals surface area contributed by atoms with Crippen LogP contribution in [0.25, 0.3) is 22.0 Å². The molecule has 0 aliphatic carbocycles.